The van der Waals surface area contributed by atoms with Crippen molar-refractivity contribution in [2.24, 2.45) is 0 Å². The first-order valence-electron chi connectivity index (χ1n) is 5.55. The molecule has 0 spiro atoms. The summed E-state index contributed by atoms with van der Waals surface area (Å²) in [6, 6.07) is -0.432. The van der Waals surface area contributed by atoms with E-state index in [1.54, 1.807) is 28.7 Å². The fourth-order valence-electron chi connectivity index (χ4n) is 1.80. The second-order valence-electron chi connectivity index (χ2n) is 4.16. The minimum Gasteiger partial charge on any atom is -0.345 e. The predicted molar refractivity (Wildman–Crippen MR) is 64.5 cm³/mol. The third-order valence-electron chi connectivity index (χ3n) is 2.85. The number of carbonyl (C=O) groups excluding carboxylic acids is 2. The van der Waals surface area contributed by atoms with Gasteiger partial charge in [-0.2, -0.15) is 0 Å². The molecule has 1 aromatic heterocycles. The molecule has 0 radical (unpaired) electrons. The van der Waals surface area contributed by atoms with Gasteiger partial charge in [0, 0.05) is 17.8 Å². The fraction of sp³-hybridized carbons (Fsp3) is 0.545. The summed E-state index contributed by atoms with van der Waals surface area (Å²) in [7, 11) is 0. The second-order valence-corrected chi connectivity index (χ2v) is 5.10. The van der Waals surface area contributed by atoms with Crippen LogP contribution in [0.25, 0.3) is 0 Å². The average Bonchev–Trinajstić information content (AvgIpc) is 2.63. The van der Waals surface area contributed by atoms with Crippen LogP contribution >= 0.6 is 11.3 Å². The second kappa shape index (κ2) is 4.83. The van der Waals surface area contributed by atoms with E-state index >= 15 is 0 Å². The molecule has 92 valence electrons. The number of thiazole rings is 1. The van der Waals surface area contributed by atoms with E-state index in [4.69, 9.17) is 0 Å². The molecule has 1 saturated heterocycles. The lowest BCUT2D eigenvalue weighted by Gasteiger charge is -2.21. The maximum atomic E-state index is 12.0. The van der Waals surface area contributed by atoms with Crippen molar-refractivity contribution < 1.29 is 9.59 Å². The van der Waals surface area contributed by atoms with Crippen LogP contribution in [0.3, 0.4) is 0 Å². The van der Waals surface area contributed by atoms with E-state index in [2.05, 4.69) is 10.3 Å². The molecular formula is C11H15N3O2S. The molecule has 1 fully saturated rings. The number of amides is 2. The summed E-state index contributed by atoms with van der Waals surface area (Å²) in [5.41, 5.74) is 2.73. The minimum absolute atomic E-state index is 0.0244. The number of nitrogens with one attached hydrogen (secondary N) is 1. The number of hydrogen-bond acceptors (Lipinski definition) is 4. The first-order chi connectivity index (χ1) is 8.08. The molecule has 2 heterocycles. The maximum Gasteiger partial charge on any atom is 0.245 e. The van der Waals surface area contributed by atoms with E-state index in [1.165, 1.54) is 0 Å². The van der Waals surface area contributed by atoms with Gasteiger partial charge < -0.3 is 10.2 Å². The van der Waals surface area contributed by atoms with Gasteiger partial charge in [-0.05, 0) is 13.8 Å². The fourth-order valence-corrected chi connectivity index (χ4v) is 2.60. The van der Waals surface area contributed by atoms with E-state index in [-0.39, 0.29) is 11.8 Å². The summed E-state index contributed by atoms with van der Waals surface area (Å²) in [6.45, 7) is 4.68. The lowest BCUT2D eigenvalue weighted by atomic mass is 10.3. The van der Waals surface area contributed by atoms with Crippen LogP contribution in [0.4, 0.5) is 0 Å². The zero-order valence-corrected chi connectivity index (χ0v) is 10.7. The molecule has 2 amide bonds. The topological polar surface area (TPSA) is 62.3 Å². The number of aryl methyl sites for hydroxylation is 1. The molecule has 1 aromatic rings. The molecule has 2 rings (SSSR count). The van der Waals surface area contributed by atoms with Crippen molar-refractivity contribution in [1.82, 2.24) is 15.2 Å². The quantitative estimate of drug-likeness (QED) is 0.843. The number of hydrogen-bond donors (Lipinski definition) is 1. The van der Waals surface area contributed by atoms with Gasteiger partial charge in [0.2, 0.25) is 11.8 Å². The minimum atomic E-state index is -0.432. The molecule has 1 atom stereocenters. The van der Waals surface area contributed by atoms with Crippen LogP contribution in [0.15, 0.2) is 5.51 Å². The lowest BCUT2D eigenvalue weighted by molar-refractivity contribution is -0.133. The van der Waals surface area contributed by atoms with Crippen molar-refractivity contribution in [2.45, 2.75) is 32.9 Å². The number of rotatable bonds is 2. The third kappa shape index (κ3) is 2.63. The summed E-state index contributed by atoms with van der Waals surface area (Å²) in [5.74, 6) is -0.0852. The van der Waals surface area contributed by atoms with Gasteiger partial charge in [0.05, 0.1) is 17.7 Å². The Labute approximate surface area is 104 Å². The van der Waals surface area contributed by atoms with Gasteiger partial charge in [0.15, 0.2) is 0 Å². The Bertz CT molecular complexity index is 444. The Kier molecular flexibility index (Phi) is 3.42. The van der Waals surface area contributed by atoms with E-state index in [0.29, 0.717) is 19.5 Å². The van der Waals surface area contributed by atoms with Crippen molar-refractivity contribution in [2.75, 3.05) is 6.54 Å². The Morgan fingerprint density at radius 2 is 2.35 bits per heavy atom. The summed E-state index contributed by atoms with van der Waals surface area (Å²) in [4.78, 5) is 30.3. The molecular weight excluding hydrogens is 238 g/mol. The highest BCUT2D eigenvalue weighted by Gasteiger charge is 2.26. The first-order valence-corrected chi connectivity index (χ1v) is 6.43. The monoisotopic (exact) mass is 253 g/mol. The third-order valence-corrected chi connectivity index (χ3v) is 3.77. The lowest BCUT2D eigenvalue weighted by Crippen LogP contribution is -2.42. The molecule has 1 unspecified atom stereocenters. The van der Waals surface area contributed by atoms with Crippen LogP contribution in [0.2, 0.25) is 0 Å². The normalized spacial score (nSPS) is 21.3. The van der Waals surface area contributed by atoms with Gasteiger partial charge in [-0.3, -0.25) is 9.59 Å². The van der Waals surface area contributed by atoms with Crippen molar-refractivity contribution in [3.8, 4) is 0 Å². The molecule has 6 heteroatoms. The SMILES string of the molecule is Cc1ncsc1CN1CCC(=O)NC(C)C1=O. The smallest absolute Gasteiger partial charge is 0.245 e. The Morgan fingerprint density at radius 1 is 1.59 bits per heavy atom. The van der Waals surface area contributed by atoms with E-state index < -0.39 is 6.04 Å². The summed E-state index contributed by atoms with van der Waals surface area (Å²) in [5, 5.41) is 2.67. The van der Waals surface area contributed by atoms with Crippen molar-refractivity contribution in [1.29, 1.82) is 0 Å². The molecule has 5 nitrogen and oxygen atoms in total. The Balaban J connectivity index is 2.12. The largest absolute Gasteiger partial charge is 0.345 e. The van der Waals surface area contributed by atoms with Crippen LogP contribution < -0.4 is 5.32 Å². The standard InChI is InChI=1S/C11H15N3O2S/c1-7-9(17-6-12-7)5-14-4-3-10(15)13-8(2)11(14)16/h6,8H,3-5H2,1-2H3,(H,13,15). The van der Waals surface area contributed by atoms with Crippen LogP contribution in [0.5, 0.6) is 0 Å². The Hall–Kier alpha value is -1.43. The van der Waals surface area contributed by atoms with Gasteiger partial charge >= 0.3 is 0 Å². The zero-order valence-electron chi connectivity index (χ0n) is 9.90. The van der Waals surface area contributed by atoms with Crippen LogP contribution in [-0.4, -0.2) is 34.3 Å². The Morgan fingerprint density at radius 3 is 3.00 bits per heavy atom. The number of aromatic nitrogens is 1. The molecule has 1 aliphatic heterocycles. The summed E-state index contributed by atoms with van der Waals surface area (Å²) in [6.07, 6.45) is 0.369. The first kappa shape index (κ1) is 12.0. The highest BCUT2D eigenvalue weighted by molar-refractivity contribution is 7.09. The summed E-state index contributed by atoms with van der Waals surface area (Å²) < 4.78 is 0. The van der Waals surface area contributed by atoms with E-state index in [9.17, 15) is 9.59 Å². The molecule has 1 N–H and O–H groups in total. The van der Waals surface area contributed by atoms with Gasteiger partial charge in [0.25, 0.3) is 0 Å². The maximum absolute atomic E-state index is 12.0. The highest BCUT2D eigenvalue weighted by atomic mass is 32.1. The van der Waals surface area contributed by atoms with Crippen LogP contribution in [0.1, 0.15) is 23.9 Å². The molecule has 0 aromatic carbocycles. The van der Waals surface area contributed by atoms with Gasteiger partial charge in [-0.25, -0.2) is 4.98 Å². The van der Waals surface area contributed by atoms with Gasteiger partial charge in [-0.15, -0.1) is 11.3 Å². The highest BCUT2D eigenvalue weighted by Crippen LogP contribution is 2.16. The van der Waals surface area contributed by atoms with Crippen molar-refractivity contribution in [3.05, 3.63) is 16.1 Å². The molecule has 0 bridgehead atoms. The number of carbonyl (C=O) groups is 2. The van der Waals surface area contributed by atoms with Crippen molar-refractivity contribution in [3.63, 3.8) is 0 Å². The predicted octanol–water partition coefficient (Wildman–Crippen LogP) is 0.689. The number of nitrogens with zero attached hydrogens (tertiary/aromatic N) is 2. The van der Waals surface area contributed by atoms with E-state index in [0.717, 1.165) is 10.6 Å². The van der Waals surface area contributed by atoms with Gasteiger partial charge in [-0.1, -0.05) is 0 Å². The molecule has 17 heavy (non-hydrogen) atoms. The summed E-state index contributed by atoms with van der Waals surface area (Å²) >= 11 is 1.54. The average molecular weight is 253 g/mol. The molecule has 0 aliphatic carbocycles. The van der Waals surface area contributed by atoms with Crippen LogP contribution in [0, 0.1) is 6.92 Å². The van der Waals surface area contributed by atoms with Crippen LogP contribution in [-0.2, 0) is 16.1 Å². The van der Waals surface area contributed by atoms with Gasteiger partial charge in [0.1, 0.15) is 6.04 Å². The zero-order chi connectivity index (χ0) is 12.4. The molecule has 1 aliphatic rings. The molecule has 0 saturated carbocycles. The van der Waals surface area contributed by atoms with Crippen molar-refractivity contribution >= 4 is 23.2 Å². The van der Waals surface area contributed by atoms with E-state index in [1.807, 2.05) is 6.92 Å².